The molecule has 0 radical (unpaired) electrons. The molecule has 0 spiro atoms. The van der Waals surface area contributed by atoms with Crippen LogP contribution in [0.25, 0.3) is 0 Å². The summed E-state index contributed by atoms with van der Waals surface area (Å²) in [6.07, 6.45) is 0.481. The summed E-state index contributed by atoms with van der Waals surface area (Å²) in [4.78, 5) is 12.5. The second-order valence-electron chi connectivity index (χ2n) is 4.41. The van der Waals surface area contributed by atoms with Crippen molar-refractivity contribution in [3.05, 3.63) is 30.1 Å². The number of halogens is 1. The fourth-order valence-electron chi connectivity index (χ4n) is 1.86. The topological polar surface area (TPSA) is 63.2 Å². The average Bonchev–Trinajstić information content (AvgIpc) is 2.68. The number of hydrogen-bond donors (Lipinski definition) is 1. The van der Waals surface area contributed by atoms with Crippen molar-refractivity contribution in [3.63, 3.8) is 0 Å². The van der Waals surface area contributed by atoms with Crippen LogP contribution in [0.1, 0.15) is 6.42 Å². The maximum atomic E-state index is 12.7. The van der Waals surface area contributed by atoms with E-state index in [1.807, 2.05) is 0 Å². The lowest BCUT2D eigenvalue weighted by atomic mass is 10.3. The lowest BCUT2D eigenvalue weighted by molar-refractivity contribution is -0.119. The van der Waals surface area contributed by atoms with Crippen LogP contribution in [0.2, 0.25) is 0 Å². The van der Waals surface area contributed by atoms with Crippen LogP contribution < -0.4 is 5.32 Å². The predicted octanol–water partition coefficient (Wildman–Crippen LogP) is 1.22. The Labute approximate surface area is 115 Å². The van der Waals surface area contributed by atoms with Crippen LogP contribution in [0.4, 0.5) is 4.39 Å². The van der Waals surface area contributed by atoms with E-state index in [1.54, 1.807) is 12.1 Å². The smallest absolute Gasteiger partial charge is 0.230 e. The summed E-state index contributed by atoms with van der Waals surface area (Å²) in [5, 5.41) is 2.70. The van der Waals surface area contributed by atoms with E-state index in [4.69, 9.17) is 0 Å². The number of hydrogen-bond acceptors (Lipinski definition) is 4. The molecule has 0 saturated carbocycles. The summed E-state index contributed by atoms with van der Waals surface area (Å²) < 4.78 is 35.2. The van der Waals surface area contributed by atoms with Gasteiger partial charge in [0, 0.05) is 10.9 Å². The molecule has 1 heterocycles. The second-order valence-corrected chi connectivity index (χ2v) is 7.69. The van der Waals surface area contributed by atoms with Crippen LogP contribution in [0.5, 0.6) is 0 Å². The van der Waals surface area contributed by atoms with Gasteiger partial charge in [0.05, 0.1) is 17.3 Å². The summed E-state index contributed by atoms with van der Waals surface area (Å²) in [5.74, 6) is -0.146. The van der Waals surface area contributed by atoms with Gasteiger partial charge in [-0.15, -0.1) is 11.8 Å². The lowest BCUT2D eigenvalue weighted by Crippen LogP contribution is -2.36. The summed E-state index contributed by atoms with van der Waals surface area (Å²) in [7, 11) is -2.98. The summed E-state index contributed by atoms with van der Waals surface area (Å²) in [6.45, 7) is 0. The first kappa shape index (κ1) is 14.3. The van der Waals surface area contributed by atoms with Crippen LogP contribution in [-0.4, -0.2) is 37.6 Å². The number of carbonyl (C=O) groups is 1. The fourth-order valence-corrected chi connectivity index (χ4v) is 4.24. The molecule has 0 unspecified atom stereocenters. The highest BCUT2D eigenvalue weighted by atomic mass is 32.2. The van der Waals surface area contributed by atoms with Crippen molar-refractivity contribution in [3.8, 4) is 0 Å². The second kappa shape index (κ2) is 5.92. The molecular weight excluding hydrogens is 289 g/mol. The van der Waals surface area contributed by atoms with Gasteiger partial charge in [-0.05, 0) is 30.7 Å². The van der Waals surface area contributed by atoms with E-state index in [0.29, 0.717) is 6.42 Å². The Morgan fingerprint density at radius 2 is 2.05 bits per heavy atom. The number of amides is 1. The molecule has 104 valence electrons. The first-order valence-electron chi connectivity index (χ1n) is 5.83. The van der Waals surface area contributed by atoms with Gasteiger partial charge in [-0.3, -0.25) is 4.79 Å². The van der Waals surface area contributed by atoms with E-state index in [9.17, 15) is 17.6 Å². The van der Waals surface area contributed by atoms with Gasteiger partial charge >= 0.3 is 0 Å². The zero-order chi connectivity index (χ0) is 13.9. The van der Waals surface area contributed by atoms with Crippen LogP contribution in [-0.2, 0) is 14.6 Å². The molecule has 0 bridgehead atoms. The van der Waals surface area contributed by atoms with Gasteiger partial charge in [-0.25, -0.2) is 12.8 Å². The molecule has 1 aromatic carbocycles. The highest BCUT2D eigenvalue weighted by Crippen LogP contribution is 2.18. The number of benzene rings is 1. The van der Waals surface area contributed by atoms with Gasteiger partial charge in [0.25, 0.3) is 0 Å². The Bertz CT molecular complexity index is 557. The van der Waals surface area contributed by atoms with Gasteiger partial charge in [-0.2, -0.15) is 0 Å². The van der Waals surface area contributed by atoms with E-state index >= 15 is 0 Å². The highest BCUT2D eigenvalue weighted by molar-refractivity contribution is 8.00. The first-order chi connectivity index (χ1) is 8.94. The third-order valence-electron chi connectivity index (χ3n) is 2.78. The van der Waals surface area contributed by atoms with Gasteiger partial charge in [0.1, 0.15) is 5.82 Å². The van der Waals surface area contributed by atoms with Crippen LogP contribution >= 0.6 is 11.8 Å². The third kappa shape index (κ3) is 4.50. The van der Waals surface area contributed by atoms with Crippen molar-refractivity contribution in [2.45, 2.75) is 17.4 Å². The maximum Gasteiger partial charge on any atom is 0.230 e. The maximum absolute atomic E-state index is 12.7. The molecule has 1 aromatic rings. The number of rotatable bonds is 4. The molecule has 2 rings (SSSR count). The number of sulfone groups is 1. The molecule has 0 aliphatic carbocycles. The SMILES string of the molecule is O=C(CSc1ccc(F)cc1)N[C@@H]1CCS(=O)(=O)C1. The molecule has 0 aromatic heterocycles. The minimum absolute atomic E-state index is 0.0277. The molecule has 1 fully saturated rings. The molecular formula is C12H14FNO3S2. The molecule has 1 N–H and O–H groups in total. The zero-order valence-electron chi connectivity index (χ0n) is 10.1. The molecule has 1 aliphatic heterocycles. The Morgan fingerprint density at radius 1 is 1.37 bits per heavy atom. The largest absolute Gasteiger partial charge is 0.352 e. The fraction of sp³-hybridized carbons (Fsp3) is 0.417. The van der Waals surface area contributed by atoms with Gasteiger partial charge < -0.3 is 5.32 Å². The highest BCUT2D eigenvalue weighted by Gasteiger charge is 2.28. The van der Waals surface area contributed by atoms with Gasteiger partial charge in [0.2, 0.25) is 5.91 Å². The zero-order valence-corrected chi connectivity index (χ0v) is 11.8. The molecule has 7 heteroatoms. The van der Waals surface area contributed by atoms with Gasteiger partial charge in [0.15, 0.2) is 9.84 Å². The van der Waals surface area contributed by atoms with E-state index < -0.39 is 9.84 Å². The summed E-state index contributed by atoms with van der Waals surface area (Å²) in [5.41, 5.74) is 0. The van der Waals surface area contributed by atoms with Crippen molar-refractivity contribution >= 4 is 27.5 Å². The minimum atomic E-state index is -2.98. The van der Waals surface area contributed by atoms with E-state index in [0.717, 1.165) is 4.90 Å². The monoisotopic (exact) mass is 303 g/mol. The molecule has 4 nitrogen and oxygen atoms in total. The number of nitrogens with one attached hydrogen (secondary N) is 1. The Morgan fingerprint density at radius 3 is 2.63 bits per heavy atom. The van der Waals surface area contributed by atoms with Crippen LogP contribution in [0, 0.1) is 5.82 Å². The molecule has 1 atom stereocenters. The quantitative estimate of drug-likeness (QED) is 0.850. The molecule has 1 saturated heterocycles. The van der Waals surface area contributed by atoms with Crippen molar-refractivity contribution in [1.29, 1.82) is 0 Å². The van der Waals surface area contributed by atoms with E-state index in [-0.39, 0.29) is 35.0 Å². The standard InChI is InChI=1S/C12H14FNO3S2/c13-9-1-3-11(4-2-9)18-7-12(15)14-10-5-6-19(16,17)8-10/h1-4,10H,5-8H2,(H,14,15)/t10-/m1/s1. The Balaban J connectivity index is 1.77. The molecule has 1 amide bonds. The summed E-state index contributed by atoms with van der Waals surface area (Å²) in [6, 6.07) is 5.61. The molecule has 19 heavy (non-hydrogen) atoms. The average molecular weight is 303 g/mol. The van der Waals surface area contributed by atoms with Crippen molar-refractivity contribution < 1.29 is 17.6 Å². The third-order valence-corrected chi connectivity index (χ3v) is 5.56. The van der Waals surface area contributed by atoms with Gasteiger partial charge in [-0.1, -0.05) is 0 Å². The van der Waals surface area contributed by atoms with Crippen molar-refractivity contribution in [2.75, 3.05) is 17.3 Å². The van der Waals surface area contributed by atoms with Crippen molar-refractivity contribution in [1.82, 2.24) is 5.32 Å². The normalized spacial score (nSPS) is 21.2. The van der Waals surface area contributed by atoms with Crippen molar-refractivity contribution in [2.24, 2.45) is 0 Å². The van der Waals surface area contributed by atoms with Crippen LogP contribution in [0.3, 0.4) is 0 Å². The lowest BCUT2D eigenvalue weighted by Gasteiger charge is -2.10. The van der Waals surface area contributed by atoms with Crippen LogP contribution in [0.15, 0.2) is 29.2 Å². The summed E-state index contributed by atoms with van der Waals surface area (Å²) >= 11 is 1.29. The number of carbonyl (C=O) groups excluding carboxylic acids is 1. The Hall–Kier alpha value is -1.08. The first-order valence-corrected chi connectivity index (χ1v) is 8.63. The minimum Gasteiger partial charge on any atom is -0.352 e. The van der Waals surface area contributed by atoms with E-state index in [2.05, 4.69) is 5.32 Å². The number of thioether (sulfide) groups is 1. The predicted molar refractivity (Wildman–Crippen MR) is 72.3 cm³/mol. The molecule has 1 aliphatic rings. The van der Waals surface area contributed by atoms with E-state index in [1.165, 1.54) is 23.9 Å². The Kier molecular flexibility index (Phi) is 4.46.